The van der Waals surface area contributed by atoms with Crippen molar-refractivity contribution >= 4 is 17.9 Å². The predicted molar refractivity (Wildman–Crippen MR) is 270 cm³/mol. The van der Waals surface area contributed by atoms with Gasteiger partial charge in [0.2, 0.25) is 0 Å². The number of hydrogen-bond donors (Lipinski definition) is 0. The highest BCUT2D eigenvalue weighted by Gasteiger charge is 2.19. The smallest absolute Gasteiger partial charge is 0.306 e. The van der Waals surface area contributed by atoms with Crippen molar-refractivity contribution in [3.63, 3.8) is 0 Å². The number of hydrogen-bond acceptors (Lipinski definition) is 6. The van der Waals surface area contributed by atoms with Gasteiger partial charge in [0.05, 0.1) is 0 Å². The Balaban J connectivity index is 4.49. The van der Waals surface area contributed by atoms with Crippen molar-refractivity contribution in [3.05, 3.63) is 109 Å². The maximum Gasteiger partial charge on any atom is 0.306 e. The number of carbonyl (C=O) groups is 3. The van der Waals surface area contributed by atoms with Gasteiger partial charge in [-0.25, -0.2) is 0 Å². The van der Waals surface area contributed by atoms with Crippen LogP contribution in [0, 0.1) is 0 Å². The Labute approximate surface area is 387 Å². The molecule has 0 rings (SSSR count). The Morgan fingerprint density at radius 3 is 0.968 bits per heavy atom. The molecule has 0 aromatic heterocycles. The summed E-state index contributed by atoms with van der Waals surface area (Å²) >= 11 is 0. The molecule has 0 heterocycles. The van der Waals surface area contributed by atoms with Gasteiger partial charge >= 0.3 is 17.9 Å². The molecule has 0 N–H and O–H groups in total. The van der Waals surface area contributed by atoms with Crippen LogP contribution in [0.1, 0.15) is 213 Å². The summed E-state index contributed by atoms with van der Waals surface area (Å²) in [7, 11) is 0. The molecule has 0 saturated heterocycles. The molecule has 0 aliphatic rings. The van der Waals surface area contributed by atoms with Crippen molar-refractivity contribution in [2.45, 2.75) is 219 Å². The van der Waals surface area contributed by atoms with Gasteiger partial charge < -0.3 is 14.2 Å². The second-order valence-electron chi connectivity index (χ2n) is 16.3. The first-order valence-electron chi connectivity index (χ1n) is 25.4. The van der Waals surface area contributed by atoms with E-state index < -0.39 is 6.10 Å². The quantitative estimate of drug-likeness (QED) is 0.0263. The lowest BCUT2D eigenvalue weighted by molar-refractivity contribution is -0.167. The molecule has 0 saturated carbocycles. The minimum absolute atomic E-state index is 0.103. The largest absolute Gasteiger partial charge is 0.462 e. The van der Waals surface area contributed by atoms with Crippen LogP contribution in [-0.2, 0) is 28.6 Å². The van der Waals surface area contributed by atoms with Crippen molar-refractivity contribution < 1.29 is 28.6 Å². The van der Waals surface area contributed by atoms with Crippen LogP contribution in [0.25, 0.3) is 0 Å². The van der Waals surface area contributed by atoms with E-state index in [9.17, 15) is 14.4 Å². The zero-order valence-electron chi connectivity index (χ0n) is 40.5. The molecule has 1 atom stereocenters. The van der Waals surface area contributed by atoms with Crippen LogP contribution in [0.4, 0.5) is 0 Å². The molecule has 1 unspecified atom stereocenters. The van der Waals surface area contributed by atoms with Gasteiger partial charge in [0.1, 0.15) is 13.2 Å². The first kappa shape index (κ1) is 59.1. The number of allylic oxidation sites excluding steroid dienone is 18. The Morgan fingerprint density at radius 1 is 0.333 bits per heavy atom. The van der Waals surface area contributed by atoms with Crippen LogP contribution >= 0.6 is 0 Å². The van der Waals surface area contributed by atoms with E-state index in [0.29, 0.717) is 19.3 Å². The van der Waals surface area contributed by atoms with Gasteiger partial charge in [0.25, 0.3) is 0 Å². The minimum atomic E-state index is -0.805. The predicted octanol–water partition coefficient (Wildman–Crippen LogP) is 16.8. The van der Waals surface area contributed by atoms with E-state index in [1.165, 1.54) is 6.42 Å². The van der Waals surface area contributed by atoms with Crippen molar-refractivity contribution in [1.82, 2.24) is 0 Å². The maximum absolute atomic E-state index is 12.8. The number of carbonyl (C=O) groups excluding carboxylic acids is 3. The SMILES string of the molecule is CC/C=C\C/C=C\C/C=C\C/C=C\CCCCCCC(=O)OCC(COC(=O)CCCCCCC/C=C\C/C=C\CCC)OC(=O)CCCCCCC/C=C\C/C=C\C/C=C\CC. The Morgan fingerprint density at radius 2 is 0.619 bits per heavy atom. The van der Waals surface area contributed by atoms with E-state index in [1.54, 1.807) is 0 Å². The molecule has 63 heavy (non-hydrogen) atoms. The van der Waals surface area contributed by atoms with E-state index in [2.05, 4.69) is 130 Å². The van der Waals surface area contributed by atoms with Gasteiger partial charge in [-0.2, -0.15) is 0 Å². The zero-order valence-corrected chi connectivity index (χ0v) is 40.5. The molecule has 0 aromatic carbocycles. The van der Waals surface area contributed by atoms with Crippen LogP contribution in [-0.4, -0.2) is 37.2 Å². The Hall–Kier alpha value is -3.93. The van der Waals surface area contributed by atoms with E-state index in [-0.39, 0.29) is 31.1 Å². The Bertz CT molecular complexity index is 1330. The van der Waals surface area contributed by atoms with Gasteiger partial charge in [-0.1, -0.05) is 188 Å². The highest BCUT2D eigenvalue weighted by molar-refractivity contribution is 5.71. The highest BCUT2D eigenvalue weighted by Crippen LogP contribution is 2.13. The molecule has 0 radical (unpaired) electrons. The van der Waals surface area contributed by atoms with Crippen molar-refractivity contribution in [3.8, 4) is 0 Å². The monoisotopic (exact) mass is 873 g/mol. The summed E-state index contributed by atoms with van der Waals surface area (Å²) in [6.45, 7) is 6.28. The summed E-state index contributed by atoms with van der Waals surface area (Å²) in [5.41, 5.74) is 0. The van der Waals surface area contributed by atoms with Gasteiger partial charge in [-0.15, -0.1) is 0 Å². The standard InChI is InChI=1S/C57H92O6/c1-4-7-10-13-16-19-22-25-27-28-30-32-35-38-41-44-47-50-56(59)62-53-54(52-61-55(58)49-46-43-40-37-34-31-24-21-18-15-12-9-6-3)63-57(60)51-48-45-42-39-36-33-29-26-23-20-17-14-11-8-5-2/h7-8,10-12,15-17,19-21,24-27,29-30,32,54H,4-6,9,13-14,18,22-23,28,31,33-53H2,1-3H3/b10-7-,11-8-,15-12-,19-16-,20-17-,24-21-,27-25-,29-26-,32-30-. The Kier molecular flexibility index (Phi) is 47.5. The van der Waals surface area contributed by atoms with Crippen molar-refractivity contribution in [1.29, 1.82) is 0 Å². The number of unbranched alkanes of at least 4 members (excludes halogenated alkanes) is 15. The van der Waals surface area contributed by atoms with Crippen LogP contribution in [0.15, 0.2) is 109 Å². The lowest BCUT2D eigenvalue weighted by atomic mass is 10.1. The fourth-order valence-corrected chi connectivity index (χ4v) is 6.48. The average molecular weight is 873 g/mol. The number of ether oxygens (including phenoxy) is 3. The van der Waals surface area contributed by atoms with Crippen molar-refractivity contribution in [2.75, 3.05) is 13.2 Å². The summed E-state index contributed by atoms with van der Waals surface area (Å²) in [5, 5.41) is 0. The average Bonchev–Trinajstić information content (AvgIpc) is 3.28. The van der Waals surface area contributed by atoms with E-state index in [0.717, 1.165) is 167 Å². The van der Waals surface area contributed by atoms with Gasteiger partial charge in [-0.3, -0.25) is 14.4 Å². The molecular formula is C57H92O6. The minimum Gasteiger partial charge on any atom is -0.462 e. The van der Waals surface area contributed by atoms with E-state index in [1.807, 2.05) is 0 Å². The molecule has 0 amide bonds. The first-order valence-corrected chi connectivity index (χ1v) is 25.4. The fourth-order valence-electron chi connectivity index (χ4n) is 6.48. The molecule has 356 valence electrons. The molecule has 0 aliphatic carbocycles. The lowest BCUT2D eigenvalue weighted by Crippen LogP contribution is -2.30. The van der Waals surface area contributed by atoms with Crippen LogP contribution in [0.2, 0.25) is 0 Å². The normalized spacial score (nSPS) is 13.0. The number of rotatable bonds is 44. The molecule has 6 heteroatoms. The molecule has 0 aromatic rings. The molecule has 0 bridgehead atoms. The van der Waals surface area contributed by atoms with Gasteiger partial charge in [-0.05, 0) is 116 Å². The summed E-state index contributed by atoms with van der Waals surface area (Å²) in [6.07, 6.45) is 67.8. The van der Waals surface area contributed by atoms with Gasteiger partial charge in [0.15, 0.2) is 6.10 Å². The topological polar surface area (TPSA) is 78.9 Å². The van der Waals surface area contributed by atoms with Gasteiger partial charge in [0, 0.05) is 19.3 Å². The fraction of sp³-hybridized carbons (Fsp3) is 0.632. The second-order valence-corrected chi connectivity index (χ2v) is 16.3. The van der Waals surface area contributed by atoms with Crippen LogP contribution in [0.5, 0.6) is 0 Å². The summed E-state index contributed by atoms with van der Waals surface area (Å²) in [4.78, 5) is 38.0. The third-order valence-electron chi connectivity index (χ3n) is 10.2. The van der Waals surface area contributed by atoms with E-state index in [4.69, 9.17) is 14.2 Å². The zero-order chi connectivity index (χ0) is 45.8. The third-order valence-corrected chi connectivity index (χ3v) is 10.2. The molecule has 0 fully saturated rings. The van der Waals surface area contributed by atoms with Crippen LogP contribution < -0.4 is 0 Å². The number of esters is 3. The third kappa shape index (κ3) is 49.0. The molecule has 0 aliphatic heterocycles. The maximum atomic E-state index is 12.8. The molecular weight excluding hydrogens is 781 g/mol. The summed E-state index contributed by atoms with van der Waals surface area (Å²) < 4.78 is 16.7. The second kappa shape index (κ2) is 50.7. The molecule has 6 nitrogen and oxygen atoms in total. The highest BCUT2D eigenvalue weighted by atomic mass is 16.6. The van der Waals surface area contributed by atoms with Crippen LogP contribution in [0.3, 0.4) is 0 Å². The molecule has 0 spiro atoms. The summed E-state index contributed by atoms with van der Waals surface area (Å²) in [5.74, 6) is -0.964. The summed E-state index contributed by atoms with van der Waals surface area (Å²) in [6, 6.07) is 0. The van der Waals surface area contributed by atoms with E-state index >= 15 is 0 Å². The van der Waals surface area contributed by atoms with Crippen molar-refractivity contribution in [2.24, 2.45) is 0 Å². The first-order chi connectivity index (χ1) is 31.0. The lowest BCUT2D eigenvalue weighted by Gasteiger charge is -2.18.